The minimum absolute atomic E-state index is 0.0262. The van der Waals surface area contributed by atoms with Gasteiger partial charge in [-0.1, -0.05) is 55.8 Å². The third-order valence-electron chi connectivity index (χ3n) is 3.02. The maximum absolute atomic E-state index is 5.83. The number of rotatable bonds is 5. The van der Waals surface area contributed by atoms with Crippen LogP contribution in [0.15, 0.2) is 41.4 Å². The normalized spacial score (nSPS) is 12.3. The summed E-state index contributed by atoms with van der Waals surface area (Å²) in [7, 11) is 0. The highest BCUT2D eigenvalue weighted by Gasteiger charge is 2.20. The summed E-state index contributed by atoms with van der Waals surface area (Å²) in [5, 5.41) is 3.05. The molecule has 0 spiro atoms. The Morgan fingerprint density at radius 2 is 2.11 bits per heavy atom. The number of hydrogen-bond donors (Lipinski definition) is 2. The zero-order valence-electron chi connectivity index (χ0n) is 12.5. The van der Waals surface area contributed by atoms with Gasteiger partial charge in [0.15, 0.2) is 5.96 Å². The summed E-state index contributed by atoms with van der Waals surface area (Å²) in [6.45, 7) is 13.6. The summed E-state index contributed by atoms with van der Waals surface area (Å²) >= 11 is 0. The van der Waals surface area contributed by atoms with Gasteiger partial charge in [0, 0.05) is 12.0 Å². The molecule has 0 amide bonds. The second-order valence-corrected chi connectivity index (χ2v) is 5.77. The smallest absolute Gasteiger partial charge is 0.188 e. The van der Waals surface area contributed by atoms with Gasteiger partial charge in [-0.05, 0) is 19.4 Å². The van der Waals surface area contributed by atoms with Gasteiger partial charge in [-0.25, -0.2) is 0 Å². The Morgan fingerprint density at radius 1 is 1.42 bits per heavy atom. The number of aryl methyl sites for hydroxylation is 1. The fraction of sp³-hybridized carbons (Fsp3) is 0.438. The van der Waals surface area contributed by atoms with E-state index in [-0.39, 0.29) is 5.41 Å². The van der Waals surface area contributed by atoms with Crippen LogP contribution in [0.3, 0.4) is 0 Å². The molecule has 0 aliphatic rings. The fourth-order valence-corrected chi connectivity index (χ4v) is 1.74. The van der Waals surface area contributed by atoms with E-state index in [0.29, 0.717) is 19.0 Å². The summed E-state index contributed by atoms with van der Waals surface area (Å²) in [5.41, 5.74) is 9.39. The van der Waals surface area contributed by atoms with E-state index in [1.165, 1.54) is 11.1 Å². The summed E-state index contributed by atoms with van der Waals surface area (Å²) in [4.78, 5) is 4.42. The van der Waals surface area contributed by atoms with Crippen LogP contribution in [0, 0.1) is 6.92 Å². The predicted octanol–water partition coefficient (Wildman–Crippen LogP) is 2.75. The molecule has 1 rings (SSSR count). The number of benzene rings is 1. The predicted molar refractivity (Wildman–Crippen MR) is 83.5 cm³/mol. The zero-order chi connectivity index (χ0) is 14.5. The van der Waals surface area contributed by atoms with Gasteiger partial charge in [-0.15, -0.1) is 0 Å². The molecular formula is C16H25N3. The summed E-state index contributed by atoms with van der Waals surface area (Å²) in [6.07, 6.45) is 0. The van der Waals surface area contributed by atoms with Crippen LogP contribution in [0.5, 0.6) is 0 Å². The Hall–Kier alpha value is -1.77. The number of aliphatic imine (C=N–C) groups is 1. The average molecular weight is 259 g/mol. The molecule has 19 heavy (non-hydrogen) atoms. The lowest BCUT2D eigenvalue weighted by molar-refractivity contribution is 0.538. The average Bonchev–Trinajstić information content (AvgIpc) is 2.34. The van der Waals surface area contributed by atoms with Crippen molar-refractivity contribution in [1.29, 1.82) is 0 Å². The van der Waals surface area contributed by atoms with Crippen LogP contribution in [-0.4, -0.2) is 19.0 Å². The van der Waals surface area contributed by atoms with E-state index in [4.69, 9.17) is 5.73 Å². The lowest BCUT2D eigenvalue weighted by Crippen LogP contribution is -2.34. The Morgan fingerprint density at radius 3 is 2.68 bits per heavy atom. The summed E-state index contributed by atoms with van der Waals surface area (Å²) < 4.78 is 0. The molecule has 3 heteroatoms. The Balaban J connectivity index is 2.69. The highest BCUT2D eigenvalue weighted by molar-refractivity contribution is 5.78. The Kier molecular flexibility index (Phi) is 5.16. The highest BCUT2D eigenvalue weighted by atomic mass is 15.1. The molecule has 0 heterocycles. The van der Waals surface area contributed by atoms with Crippen LogP contribution < -0.4 is 11.1 Å². The van der Waals surface area contributed by atoms with Crippen LogP contribution in [-0.2, 0) is 5.41 Å². The van der Waals surface area contributed by atoms with Gasteiger partial charge in [0.05, 0.1) is 6.54 Å². The largest absolute Gasteiger partial charge is 0.370 e. The topological polar surface area (TPSA) is 50.4 Å². The monoisotopic (exact) mass is 259 g/mol. The quantitative estimate of drug-likeness (QED) is 0.485. The van der Waals surface area contributed by atoms with Crippen molar-refractivity contribution in [2.24, 2.45) is 10.7 Å². The highest BCUT2D eigenvalue weighted by Crippen LogP contribution is 2.24. The van der Waals surface area contributed by atoms with Crippen molar-refractivity contribution in [2.45, 2.75) is 33.1 Å². The van der Waals surface area contributed by atoms with Gasteiger partial charge >= 0.3 is 0 Å². The molecule has 104 valence electrons. The van der Waals surface area contributed by atoms with Crippen LogP contribution in [0.2, 0.25) is 0 Å². The van der Waals surface area contributed by atoms with E-state index in [2.05, 4.69) is 61.9 Å². The molecule has 0 fully saturated rings. The van der Waals surface area contributed by atoms with Crippen molar-refractivity contribution < 1.29 is 0 Å². The first-order valence-corrected chi connectivity index (χ1v) is 6.56. The van der Waals surface area contributed by atoms with Gasteiger partial charge in [-0.2, -0.15) is 0 Å². The molecule has 0 aromatic heterocycles. The van der Waals surface area contributed by atoms with Gasteiger partial charge in [0.25, 0.3) is 0 Å². The molecule has 1 aromatic carbocycles. The fourth-order valence-electron chi connectivity index (χ4n) is 1.74. The van der Waals surface area contributed by atoms with E-state index in [9.17, 15) is 0 Å². The molecule has 0 bridgehead atoms. The molecule has 0 saturated carbocycles. The van der Waals surface area contributed by atoms with Crippen molar-refractivity contribution in [3.63, 3.8) is 0 Å². The Bertz CT molecular complexity index is 473. The maximum atomic E-state index is 5.83. The molecule has 3 N–H and O–H groups in total. The third kappa shape index (κ3) is 5.16. The first kappa shape index (κ1) is 15.3. The second kappa shape index (κ2) is 6.41. The summed E-state index contributed by atoms with van der Waals surface area (Å²) in [5.74, 6) is 0.476. The molecule has 0 aliphatic heterocycles. The van der Waals surface area contributed by atoms with Crippen LogP contribution >= 0.6 is 0 Å². The van der Waals surface area contributed by atoms with Crippen molar-refractivity contribution in [3.8, 4) is 0 Å². The Labute approximate surface area is 116 Å². The van der Waals surface area contributed by atoms with Crippen molar-refractivity contribution >= 4 is 5.96 Å². The minimum atomic E-state index is -0.0262. The second-order valence-electron chi connectivity index (χ2n) is 5.77. The lowest BCUT2D eigenvalue weighted by Gasteiger charge is -2.23. The SMILES string of the molecule is C=C(C)CNC(N)=NCC(C)(C)c1cccc(C)c1. The van der Waals surface area contributed by atoms with Gasteiger partial charge in [-0.3, -0.25) is 4.99 Å². The minimum Gasteiger partial charge on any atom is -0.370 e. The van der Waals surface area contributed by atoms with E-state index in [1.54, 1.807) is 0 Å². The van der Waals surface area contributed by atoms with Gasteiger partial charge in [0.1, 0.15) is 0 Å². The third-order valence-corrected chi connectivity index (χ3v) is 3.02. The number of nitrogens with one attached hydrogen (secondary N) is 1. The van der Waals surface area contributed by atoms with Crippen molar-refractivity contribution in [3.05, 3.63) is 47.5 Å². The number of nitrogens with two attached hydrogens (primary N) is 1. The van der Waals surface area contributed by atoms with E-state index in [0.717, 1.165) is 5.57 Å². The number of hydrogen-bond acceptors (Lipinski definition) is 1. The van der Waals surface area contributed by atoms with E-state index in [1.807, 2.05) is 6.92 Å². The molecule has 1 aromatic rings. The van der Waals surface area contributed by atoms with Crippen molar-refractivity contribution in [2.75, 3.05) is 13.1 Å². The van der Waals surface area contributed by atoms with Crippen molar-refractivity contribution in [1.82, 2.24) is 5.32 Å². The van der Waals surface area contributed by atoms with E-state index >= 15 is 0 Å². The molecular weight excluding hydrogens is 234 g/mol. The van der Waals surface area contributed by atoms with E-state index < -0.39 is 0 Å². The molecule has 0 unspecified atom stereocenters. The maximum Gasteiger partial charge on any atom is 0.188 e. The van der Waals surface area contributed by atoms with Crippen LogP contribution in [0.25, 0.3) is 0 Å². The van der Waals surface area contributed by atoms with Crippen LogP contribution in [0.1, 0.15) is 31.9 Å². The number of guanidine groups is 1. The summed E-state index contributed by atoms with van der Waals surface area (Å²) in [6, 6.07) is 8.53. The van der Waals surface area contributed by atoms with Gasteiger partial charge in [0.2, 0.25) is 0 Å². The van der Waals surface area contributed by atoms with Gasteiger partial charge < -0.3 is 11.1 Å². The van der Waals surface area contributed by atoms with Crippen LogP contribution in [0.4, 0.5) is 0 Å². The zero-order valence-corrected chi connectivity index (χ0v) is 12.5. The first-order valence-electron chi connectivity index (χ1n) is 6.56. The molecule has 0 aliphatic carbocycles. The number of nitrogens with zero attached hydrogens (tertiary/aromatic N) is 1. The lowest BCUT2D eigenvalue weighted by atomic mass is 9.84. The molecule has 3 nitrogen and oxygen atoms in total. The standard InChI is InChI=1S/C16H25N3/c1-12(2)10-18-15(17)19-11-16(4,5)14-8-6-7-13(3)9-14/h6-9H,1,10-11H2,2-5H3,(H3,17,18,19). The molecule has 0 radical (unpaired) electrons. The molecule has 0 saturated heterocycles. The first-order chi connectivity index (χ1) is 8.81. The molecule has 0 atom stereocenters.